The molecule has 1 saturated heterocycles. The topological polar surface area (TPSA) is 15.3 Å². The van der Waals surface area contributed by atoms with Gasteiger partial charge in [-0.1, -0.05) is 27.7 Å². The van der Waals surface area contributed by atoms with Gasteiger partial charge in [0.05, 0.1) is 0 Å². The second kappa shape index (κ2) is 5.13. The van der Waals surface area contributed by atoms with Crippen LogP contribution in [0.1, 0.15) is 34.1 Å². The predicted octanol–water partition coefficient (Wildman–Crippen LogP) is 1.96. The first-order valence-corrected chi connectivity index (χ1v) is 5.95. The molecule has 0 aromatic heterocycles. The molecule has 1 aliphatic heterocycles. The Morgan fingerprint density at radius 2 is 1.93 bits per heavy atom. The monoisotopic (exact) mass is 198 g/mol. The van der Waals surface area contributed by atoms with E-state index >= 15 is 0 Å². The van der Waals surface area contributed by atoms with Gasteiger partial charge in [0.15, 0.2) is 0 Å². The van der Waals surface area contributed by atoms with Crippen molar-refractivity contribution in [2.45, 2.75) is 34.1 Å². The molecule has 0 aromatic carbocycles. The highest BCUT2D eigenvalue weighted by atomic mass is 15.2. The Bertz CT molecular complexity index is 156. The summed E-state index contributed by atoms with van der Waals surface area (Å²) in [5.74, 6) is 0.763. The van der Waals surface area contributed by atoms with E-state index in [1.165, 1.54) is 32.6 Å². The average Bonchev–Trinajstić information content (AvgIpc) is 2.32. The molecule has 0 spiro atoms. The summed E-state index contributed by atoms with van der Waals surface area (Å²) in [7, 11) is 0. The van der Waals surface area contributed by atoms with E-state index < -0.39 is 0 Å². The summed E-state index contributed by atoms with van der Waals surface area (Å²) >= 11 is 0. The third kappa shape index (κ3) is 3.58. The quantitative estimate of drug-likeness (QED) is 0.746. The Balaban J connectivity index is 2.41. The average molecular weight is 198 g/mol. The number of nitrogens with one attached hydrogen (secondary N) is 1. The Labute approximate surface area is 89.1 Å². The predicted molar refractivity (Wildman–Crippen MR) is 62.5 cm³/mol. The summed E-state index contributed by atoms with van der Waals surface area (Å²) < 4.78 is 0. The van der Waals surface area contributed by atoms with Gasteiger partial charge in [0.1, 0.15) is 0 Å². The molecule has 14 heavy (non-hydrogen) atoms. The molecule has 2 nitrogen and oxygen atoms in total. The van der Waals surface area contributed by atoms with Gasteiger partial charge in [-0.25, -0.2) is 0 Å². The van der Waals surface area contributed by atoms with E-state index in [0.29, 0.717) is 5.41 Å². The second-order valence-electron chi connectivity index (χ2n) is 5.52. The molecule has 1 aliphatic rings. The summed E-state index contributed by atoms with van der Waals surface area (Å²) in [6, 6.07) is 0. The third-order valence-corrected chi connectivity index (χ3v) is 3.63. The fraction of sp³-hybridized carbons (Fsp3) is 1.00. The van der Waals surface area contributed by atoms with Gasteiger partial charge < -0.3 is 10.2 Å². The van der Waals surface area contributed by atoms with Crippen LogP contribution in [0.25, 0.3) is 0 Å². The van der Waals surface area contributed by atoms with Crippen molar-refractivity contribution in [2.24, 2.45) is 11.3 Å². The highest BCUT2D eigenvalue weighted by molar-refractivity contribution is 4.78. The molecule has 84 valence electrons. The van der Waals surface area contributed by atoms with Crippen molar-refractivity contribution in [3.63, 3.8) is 0 Å². The van der Waals surface area contributed by atoms with E-state index in [-0.39, 0.29) is 0 Å². The van der Waals surface area contributed by atoms with Crippen LogP contribution in [0.3, 0.4) is 0 Å². The van der Waals surface area contributed by atoms with Gasteiger partial charge in [0.2, 0.25) is 0 Å². The normalized spacial score (nSPS) is 21.2. The minimum absolute atomic E-state index is 0.449. The fourth-order valence-corrected chi connectivity index (χ4v) is 1.82. The van der Waals surface area contributed by atoms with E-state index in [9.17, 15) is 0 Å². The van der Waals surface area contributed by atoms with E-state index in [1.54, 1.807) is 0 Å². The maximum atomic E-state index is 3.45. The Morgan fingerprint density at radius 1 is 1.21 bits per heavy atom. The molecular weight excluding hydrogens is 172 g/mol. The Morgan fingerprint density at radius 3 is 2.57 bits per heavy atom. The maximum absolute atomic E-state index is 3.45. The molecule has 2 heteroatoms. The summed E-state index contributed by atoms with van der Waals surface area (Å²) in [5.41, 5.74) is 0.449. The lowest BCUT2D eigenvalue weighted by molar-refractivity contribution is 0.140. The molecule has 0 amide bonds. The van der Waals surface area contributed by atoms with Crippen LogP contribution in [0.2, 0.25) is 0 Å². The molecule has 0 atom stereocenters. The third-order valence-electron chi connectivity index (χ3n) is 3.63. The van der Waals surface area contributed by atoms with Crippen LogP contribution >= 0.6 is 0 Å². The van der Waals surface area contributed by atoms with Crippen molar-refractivity contribution in [2.75, 3.05) is 32.7 Å². The van der Waals surface area contributed by atoms with Gasteiger partial charge in [-0.2, -0.15) is 0 Å². The van der Waals surface area contributed by atoms with Crippen LogP contribution in [0, 0.1) is 11.3 Å². The number of hydrogen-bond acceptors (Lipinski definition) is 2. The van der Waals surface area contributed by atoms with E-state index in [1.807, 2.05) is 0 Å². The molecule has 1 heterocycles. The molecule has 0 bridgehead atoms. The van der Waals surface area contributed by atoms with Crippen molar-refractivity contribution in [3.8, 4) is 0 Å². The SMILES string of the molecule is CC(C)C(C)(C)CN1CCCNCC1. The summed E-state index contributed by atoms with van der Waals surface area (Å²) in [6.45, 7) is 15.5. The van der Waals surface area contributed by atoms with E-state index in [0.717, 1.165) is 12.5 Å². The molecule has 1 fully saturated rings. The lowest BCUT2D eigenvalue weighted by Gasteiger charge is -2.35. The largest absolute Gasteiger partial charge is 0.315 e. The summed E-state index contributed by atoms with van der Waals surface area (Å²) in [6.07, 6.45) is 1.30. The van der Waals surface area contributed by atoms with Crippen LogP contribution in [0.15, 0.2) is 0 Å². The van der Waals surface area contributed by atoms with Crippen LogP contribution in [0.5, 0.6) is 0 Å². The van der Waals surface area contributed by atoms with Gasteiger partial charge in [0, 0.05) is 19.6 Å². The first-order chi connectivity index (χ1) is 6.52. The molecule has 0 aliphatic carbocycles. The minimum atomic E-state index is 0.449. The zero-order valence-corrected chi connectivity index (χ0v) is 10.3. The van der Waals surface area contributed by atoms with Gasteiger partial charge in [0.25, 0.3) is 0 Å². The standard InChI is InChI=1S/C12H26N2/c1-11(2)12(3,4)10-14-8-5-6-13-7-9-14/h11,13H,5-10H2,1-4H3. The van der Waals surface area contributed by atoms with E-state index in [4.69, 9.17) is 0 Å². The van der Waals surface area contributed by atoms with Crippen LogP contribution < -0.4 is 5.32 Å². The number of hydrogen-bond donors (Lipinski definition) is 1. The Hall–Kier alpha value is -0.0800. The first kappa shape index (κ1) is 12.0. The molecule has 0 radical (unpaired) electrons. The van der Waals surface area contributed by atoms with Crippen molar-refractivity contribution in [3.05, 3.63) is 0 Å². The van der Waals surface area contributed by atoms with Gasteiger partial charge in [-0.3, -0.25) is 0 Å². The molecule has 0 aromatic rings. The fourth-order valence-electron chi connectivity index (χ4n) is 1.82. The zero-order valence-electron chi connectivity index (χ0n) is 10.3. The van der Waals surface area contributed by atoms with Gasteiger partial charge in [-0.15, -0.1) is 0 Å². The Kier molecular flexibility index (Phi) is 4.39. The van der Waals surface area contributed by atoms with Crippen molar-refractivity contribution < 1.29 is 0 Å². The number of nitrogens with zero attached hydrogens (tertiary/aromatic N) is 1. The molecule has 1 N–H and O–H groups in total. The zero-order chi connectivity index (χ0) is 10.6. The molecule has 1 rings (SSSR count). The maximum Gasteiger partial charge on any atom is 0.0107 e. The summed E-state index contributed by atoms with van der Waals surface area (Å²) in [4.78, 5) is 2.61. The van der Waals surface area contributed by atoms with Gasteiger partial charge in [-0.05, 0) is 30.8 Å². The van der Waals surface area contributed by atoms with Gasteiger partial charge >= 0.3 is 0 Å². The van der Waals surface area contributed by atoms with Crippen LogP contribution in [-0.2, 0) is 0 Å². The highest BCUT2D eigenvalue weighted by Gasteiger charge is 2.25. The highest BCUT2D eigenvalue weighted by Crippen LogP contribution is 2.27. The first-order valence-electron chi connectivity index (χ1n) is 5.95. The van der Waals surface area contributed by atoms with Crippen molar-refractivity contribution in [1.29, 1.82) is 0 Å². The van der Waals surface area contributed by atoms with Crippen LogP contribution in [0.4, 0.5) is 0 Å². The van der Waals surface area contributed by atoms with Crippen molar-refractivity contribution >= 4 is 0 Å². The smallest absolute Gasteiger partial charge is 0.0107 e. The lowest BCUT2D eigenvalue weighted by atomic mass is 9.80. The molecule has 0 unspecified atom stereocenters. The number of rotatable bonds is 3. The lowest BCUT2D eigenvalue weighted by Crippen LogP contribution is -2.39. The molecule has 0 saturated carbocycles. The minimum Gasteiger partial charge on any atom is -0.315 e. The summed E-state index contributed by atoms with van der Waals surface area (Å²) in [5, 5.41) is 3.45. The second-order valence-corrected chi connectivity index (χ2v) is 5.52. The molecular formula is C12H26N2. The van der Waals surface area contributed by atoms with E-state index in [2.05, 4.69) is 37.9 Å². The van der Waals surface area contributed by atoms with Crippen molar-refractivity contribution in [1.82, 2.24) is 10.2 Å². The van der Waals surface area contributed by atoms with Crippen LogP contribution in [-0.4, -0.2) is 37.6 Å².